The van der Waals surface area contributed by atoms with E-state index in [9.17, 15) is 22.9 Å². The van der Waals surface area contributed by atoms with E-state index in [0.29, 0.717) is 12.8 Å². The monoisotopic (exact) mass is 541 g/mol. The summed E-state index contributed by atoms with van der Waals surface area (Å²) in [6.45, 7) is 4.33. The number of carbonyl (C=O) groups excluding carboxylic acids is 1. The van der Waals surface area contributed by atoms with Crippen LogP contribution in [0.25, 0.3) is 0 Å². The van der Waals surface area contributed by atoms with E-state index in [1.54, 1.807) is 0 Å². The zero-order chi connectivity index (χ0) is 27.6. The molecule has 1 amide bonds. The van der Waals surface area contributed by atoms with Crippen molar-refractivity contribution in [1.29, 1.82) is 0 Å². The van der Waals surface area contributed by atoms with Crippen molar-refractivity contribution in [3.63, 3.8) is 0 Å². The van der Waals surface area contributed by atoms with Crippen LogP contribution in [0.5, 0.6) is 0 Å². The van der Waals surface area contributed by atoms with E-state index in [1.165, 1.54) is 38.5 Å². The lowest BCUT2D eigenvalue weighted by molar-refractivity contribution is -0.122. The number of hydrogen-bond donors (Lipinski definition) is 3. The molecule has 3 N–H and O–H groups in total. The average molecular weight is 542 g/mol. The van der Waals surface area contributed by atoms with Crippen molar-refractivity contribution < 1.29 is 22.9 Å². The van der Waals surface area contributed by atoms with E-state index in [2.05, 4.69) is 55.6 Å². The van der Waals surface area contributed by atoms with Gasteiger partial charge in [0, 0.05) is 6.42 Å². The van der Waals surface area contributed by atoms with E-state index in [0.717, 1.165) is 57.8 Å². The highest BCUT2D eigenvalue weighted by atomic mass is 32.2. The minimum atomic E-state index is -4.30. The molecule has 6 nitrogen and oxygen atoms in total. The van der Waals surface area contributed by atoms with Gasteiger partial charge in [-0.1, -0.05) is 115 Å². The molecule has 0 saturated heterocycles. The lowest BCUT2D eigenvalue weighted by Gasteiger charge is -2.23. The molecule has 2 atom stereocenters. The molecule has 0 fully saturated rings. The van der Waals surface area contributed by atoms with Crippen LogP contribution < -0.4 is 5.32 Å². The summed E-state index contributed by atoms with van der Waals surface area (Å²) in [5.74, 6) is -0.941. The quantitative estimate of drug-likeness (QED) is 0.0632. The van der Waals surface area contributed by atoms with Gasteiger partial charge in [-0.25, -0.2) is 0 Å². The summed E-state index contributed by atoms with van der Waals surface area (Å²) >= 11 is 0. The van der Waals surface area contributed by atoms with Crippen molar-refractivity contribution >= 4 is 16.0 Å². The number of carbonyl (C=O) groups is 1. The molecular formula is C30H55NO5S. The van der Waals surface area contributed by atoms with Crippen molar-refractivity contribution in [2.75, 3.05) is 5.75 Å². The Hall–Kier alpha value is -1.44. The van der Waals surface area contributed by atoms with Crippen LogP contribution in [0.1, 0.15) is 129 Å². The second-order valence-electron chi connectivity index (χ2n) is 10.0. The maximum atomic E-state index is 12.3. The van der Waals surface area contributed by atoms with Gasteiger partial charge in [-0.2, -0.15) is 8.42 Å². The van der Waals surface area contributed by atoms with Crippen LogP contribution in [-0.2, 0) is 14.9 Å². The fraction of sp³-hybridized carbons (Fsp3) is 0.767. The van der Waals surface area contributed by atoms with Crippen molar-refractivity contribution in [3.8, 4) is 0 Å². The lowest BCUT2D eigenvalue weighted by atomic mass is 10.0. The molecule has 37 heavy (non-hydrogen) atoms. The third-order valence-electron chi connectivity index (χ3n) is 6.36. The predicted molar refractivity (Wildman–Crippen MR) is 156 cm³/mol. The molecule has 0 aromatic heterocycles. The van der Waals surface area contributed by atoms with E-state index >= 15 is 0 Å². The van der Waals surface area contributed by atoms with E-state index in [4.69, 9.17) is 0 Å². The largest absolute Gasteiger partial charge is 0.391 e. The van der Waals surface area contributed by atoms with Gasteiger partial charge in [-0.15, -0.1) is 0 Å². The Morgan fingerprint density at radius 2 is 1.30 bits per heavy atom. The molecule has 0 heterocycles. The number of unbranched alkanes of at least 4 members (excludes halogenated alkanes) is 11. The summed E-state index contributed by atoms with van der Waals surface area (Å²) in [6.07, 6.45) is 29.6. The van der Waals surface area contributed by atoms with Crippen LogP contribution in [0.4, 0.5) is 0 Å². The lowest BCUT2D eigenvalue weighted by Crippen LogP contribution is -2.47. The van der Waals surface area contributed by atoms with E-state index in [1.807, 2.05) is 0 Å². The molecule has 0 radical (unpaired) electrons. The van der Waals surface area contributed by atoms with Crippen molar-refractivity contribution in [1.82, 2.24) is 5.32 Å². The first kappa shape index (κ1) is 35.6. The number of aliphatic hydroxyl groups is 1. The molecule has 0 saturated carbocycles. The average Bonchev–Trinajstić information content (AvgIpc) is 2.84. The fourth-order valence-electron chi connectivity index (χ4n) is 4.17. The zero-order valence-corrected chi connectivity index (χ0v) is 24.4. The van der Waals surface area contributed by atoms with Gasteiger partial charge in [0.1, 0.15) is 0 Å². The minimum absolute atomic E-state index is 0.280. The summed E-state index contributed by atoms with van der Waals surface area (Å²) in [6, 6.07) is -0.981. The van der Waals surface area contributed by atoms with Crippen LogP contribution in [0.3, 0.4) is 0 Å². The first-order valence-electron chi connectivity index (χ1n) is 14.7. The maximum absolute atomic E-state index is 12.3. The normalized spacial score (nSPS) is 14.2. The van der Waals surface area contributed by atoms with Crippen LogP contribution in [0.2, 0.25) is 0 Å². The predicted octanol–water partition coefficient (Wildman–Crippen LogP) is 7.45. The van der Waals surface area contributed by atoms with Crippen LogP contribution in [-0.4, -0.2) is 41.9 Å². The second-order valence-corrected chi connectivity index (χ2v) is 11.5. The highest BCUT2D eigenvalue weighted by molar-refractivity contribution is 7.85. The second kappa shape index (κ2) is 24.9. The number of allylic oxidation sites excluding steroid dienone is 6. The van der Waals surface area contributed by atoms with Gasteiger partial charge in [-0.05, 0) is 44.9 Å². The van der Waals surface area contributed by atoms with Gasteiger partial charge in [0.05, 0.1) is 17.9 Å². The molecule has 0 aliphatic carbocycles. The molecule has 0 bridgehead atoms. The summed E-state index contributed by atoms with van der Waals surface area (Å²) in [5.41, 5.74) is 0. The molecular weight excluding hydrogens is 486 g/mol. The SMILES string of the molecule is CC/C=C\C/C=C\C/C=C\CCCCCC(=O)NC(CS(=O)(=O)O)C(O)CCCCCCCCCCC. The standard InChI is InChI=1S/C30H55NO5S/c1-3-5-7-9-11-13-14-15-16-18-20-22-24-26-30(33)31-28(27-37(34,35)36)29(32)25-23-21-19-17-12-10-8-6-4-2/h5,7,11,13,15-16,28-29,32H,3-4,6,8-10,12,14,17-27H2,1-2H3,(H,31,33)(H,34,35,36)/b7-5-,13-11-,16-15-. The molecule has 0 rings (SSSR count). The topological polar surface area (TPSA) is 104 Å². The van der Waals surface area contributed by atoms with Gasteiger partial charge < -0.3 is 10.4 Å². The third kappa shape index (κ3) is 26.0. The Bertz CT molecular complexity index is 730. The van der Waals surface area contributed by atoms with Crippen LogP contribution in [0, 0.1) is 0 Å². The molecule has 0 spiro atoms. The Balaban J connectivity index is 4.12. The number of aliphatic hydroxyl groups excluding tert-OH is 1. The number of rotatable bonds is 25. The summed E-state index contributed by atoms with van der Waals surface area (Å²) < 4.78 is 32.1. The number of nitrogens with one attached hydrogen (secondary N) is 1. The molecule has 216 valence electrons. The molecule has 0 aromatic rings. The maximum Gasteiger partial charge on any atom is 0.266 e. The van der Waals surface area contributed by atoms with Crippen molar-refractivity contribution in [2.24, 2.45) is 0 Å². The van der Waals surface area contributed by atoms with Gasteiger partial charge in [0.25, 0.3) is 10.1 Å². The Morgan fingerprint density at radius 3 is 1.89 bits per heavy atom. The molecule has 0 aliphatic rings. The van der Waals surface area contributed by atoms with Gasteiger partial charge in [0.15, 0.2) is 0 Å². The van der Waals surface area contributed by atoms with Gasteiger partial charge >= 0.3 is 0 Å². The highest BCUT2D eigenvalue weighted by Gasteiger charge is 2.25. The zero-order valence-electron chi connectivity index (χ0n) is 23.6. The first-order valence-corrected chi connectivity index (χ1v) is 16.3. The number of hydrogen-bond acceptors (Lipinski definition) is 4. The molecule has 0 aromatic carbocycles. The summed E-state index contributed by atoms with van der Waals surface area (Å²) in [4.78, 5) is 12.3. The fourth-order valence-corrected chi connectivity index (χ4v) is 4.93. The van der Waals surface area contributed by atoms with Gasteiger partial charge in [-0.3, -0.25) is 9.35 Å². The molecule has 7 heteroatoms. The molecule has 2 unspecified atom stereocenters. The smallest absolute Gasteiger partial charge is 0.266 e. The highest BCUT2D eigenvalue weighted by Crippen LogP contribution is 2.14. The molecule has 0 aliphatic heterocycles. The first-order chi connectivity index (χ1) is 17.8. The Morgan fingerprint density at radius 1 is 0.757 bits per heavy atom. The van der Waals surface area contributed by atoms with Crippen molar-refractivity contribution in [3.05, 3.63) is 36.5 Å². The van der Waals surface area contributed by atoms with E-state index < -0.39 is 28.0 Å². The van der Waals surface area contributed by atoms with E-state index in [-0.39, 0.29) is 12.3 Å². The number of amides is 1. The van der Waals surface area contributed by atoms with Crippen molar-refractivity contribution in [2.45, 2.75) is 142 Å². The Kier molecular flexibility index (Phi) is 23.9. The van der Waals surface area contributed by atoms with Gasteiger partial charge in [0.2, 0.25) is 5.91 Å². The Labute approximate surface area is 227 Å². The minimum Gasteiger partial charge on any atom is -0.391 e. The summed E-state index contributed by atoms with van der Waals surface area (Å²) in [7, 11) is -4.30. The third-order valence-corrected chi connectivity index (χ3v) is 7.14. The van der Waals surface area contributed by atoms with Crippen LogP contribution in [0.15, 0.2) is 36.5 Å². The van der Waals surface area contributed by atoms with Crippen LogP contribution >= 0.6 is 0 Å². The summed E-state index contributed by atoms with van der Waals surface area (Å²) in [5, 5.41) is 13.1.